The first-order valence-corrected chi connectivity index (χ1v) is 13.9. The summed E-state index contributed by atoms with van der Waals surface area (Å²) in [6.45, 7) is 0.00704. The van der Waals surface area contributed by atoms with E-state index in [1.54, 1.807) is 36.4 Å². The van der Waals surface area contributed by atoms with Crippen molar-refractivity contribution in [2.24, 2.45) is 11.8 Å². The first-order valence-electron chi connectivity index (χ1n) is 13.6. The zero-order valence-corrected chi connectivity index (χ0v) is 23.0. The molecule has 3 aromatic rings. The summed E-state index contributed by atoms with van der Waals surface area (Å²) in [4.78, 5) is 27.5. The van der Waals surface area contributed by atoms with E-state index in [2.05, 4.69) is 10.6 Å². The second-order valence-corrected chi connectivity index (χ2v) is 10.9. The molecule has 1 saturated heterocycles. The second-order valence-electron chi connectivity index (χ2n) is 10.5. The van der Waals surface area contributed by atoms with Gasteiger partial charge in [0.1, 0.15) is 40.9 Å². The van der Waals surface area contributed by atoms with E-state index in [9.17, 15) is 18.4 Å². The summed E-state index contributed by atoms with van der Waals surface area (Å²) in [7, 11) is 0. The molecule has 42 heavy (non-hydrogen) atoms. The molecule has 3 N–H and O–H groups in total. The van der Waals surface area contributed by atoms with Crippen LogP contribution in [-0.4, -0.2) is 30.1 Å². The van der Waals surface area contributed by atoms with Crippen molar-refractivity contribution in [1.29, 1.82) is 0 Å². The van der Waals surface area contributed by atoms with Crippen LogP contribution in [0.4, 0.5) is 14.5 Å². The van der Waals surface area contributed by atoms with E-state index in [0.29, 0.717) is 34.2 Å². The third-order valence-corrected chi connectivity index (χ3v) is 8.32. The number of aliphatic hydroxyl groups excluding tert-OH is 1. The molecular weight excluding hydrogens is 566 g/mol. The van der Waals surface area contributed by atoms with Crippen molar-refractivity contribution in [2.45, 2.75) is 24.3 Å². The van der Waals surface area contributed by atoms with E-state index in [1.165, 1.54) is 30.3 Å². The van der Waals surface area contributed by atoms with Crippen molar-refractivity contribution in [1.82, 2.24) is 5.32 Å². The molecular formula is C32H27ClF2N2O5. The fourth-order valence-corrected chi connectivity index (χ4v) is 6.63. The lowest BCUT2D eigenvalue weighted by molar-refractivity contribution is -0.135. The lowest BCUT2D eigenvalue weighted by Gasteiger charge is -2.48. The summed E-state index contributed by atoms with van der Waals surface area (Å²) < 4.78 is 40.9. The fraction of sp³-hybridized carbons (Fsp3) is 0.250. The molecule has 2 amide bonds. The van der Waals surface area contributed by atoms with Gasteiger partial charge in [-0.3, -0.25) is 9.59 Å². The van der Waals surface area contributed by atoms with Gasteiger partial charge in [-0.25, -0.2) is 8.78 Å². The second kappa shape index (κ2) is 11.2. The van der Waals surface area contributed by atoms with Crippen molar-refractivity contribution in [3.8, 4) is 17.2 Å². The highest BCUT2D eigenvalue weighted by molar-refractivity contribution is 6.31. The largest absolute Gasteiger partial charge is 0.491 e. The van der Waals surface area contributed by atoms with Crippen molar-refractivity contribution in [2.75, 3.05) is 18.5 Å². The molecule has 1 fully saturated rings. The van der Waals surface area contributed by atoms with E-state index in [4.69, 9.17) is 26.2 Å². The Kier molecular flexibility index (Phi) is 7.47. The number of anilines is 1. The minimum Gasteiger partial charge on any atom is -0.491 e. The van der Waals surface area contributed by atoms with Gasteiger partial charge < -0.3 is 25.2 Å². The van der Waals surface area contributed by atoms with Gasteiger partial charge in [0.15, 0.2) is 0 Å². The van der Waals surface area contributed by atoms with Gasteiger partial charge >= 0.3 is 0 Å². The number of amides is 2. The standard InChI is InChI=1S/C32H27ClF2N2O5/c33-19-3-1-2-18(14-19)26-17-29(39)37-30(32(26)25-10-4-21(35)16-27(25)36-31(32)40)24-15-20(34)5-11-28(24)42-23-8-6-22(7-9-23)41-13-12-38/h1,3-11,14-16,18,26,30,38H,2,12-13,17H2,(H,36,40)(H,37,39)/t18?,26-,30+,32-/m0/s1. The number of fused-ring (bicyclic) bond motifs is 2. The Hall–Kier alpha value is -4.21. The summed E-state index contributed by atoms with van der Waals surface area (Å²) in [5.41, 5.74) is -0.384. The highest BCUT2D eigenvalue weighted by Gasteiger charge is 2.62. The molecule has 216 valence electrons. The number of aliphatic hydroxyl groups is 1. The molecule has 1 aliphatic carbocycles. The van der Waals surface area contributed by atoms with Gasteiger partial charge in [-0.05, 0) is 84.5 Å². The van der Waals surface area contributed by atoms with Gasteiger partial charge in [0.2, 0.25) is 11.8 Å². The first-order chi connectivity index (χ1) is 20.3. The van der Waals surface area contributed by atoms with Gasteiger partial charge in [0.05, 0.1) is 12.6 Å². The smallest absolute Gasteiger partial charge is 0.237 e. The van der Waals surface area contributed by atoms with Crippen LogP contribution in [0.1, 0.15) is 30.0 Å². The highest BCUT2D eigenvalue weighted by atomic mass is 35.5. The molecule has 6 rings (SSSR count). The Balaban J connectivity index is 1.49. The number of halogens is 3. The lowest BCUT2D eigenvalue weighted by Crippen LogP contribution is -2.59. The van der Waals surface area contributed by atoms with Crippen LogP contribution in [0.15, 0.2) is 83.9 Å². The van der Waals surface area contributed by atoms with Crippen molar-refractivity contribution < 1.29 is 33.0 Å². The molecule has 1 unspecified atom stereocenters. The maximum Gasteiger partial charge on any atom is 0.237 e. The third kappa shape index (κ3) is 4.92. The number of allylic oxidation sites excluding steroid dienone is 4. The maximum atomic E-state index is 14.9. The lowest BCUT2D eigenvalue weighted by atomic mass is 9.57. The molecule has 3 aliphatic rings. The zero-order chi connectivity index (χ0) is 29.4. The normalized spacial score (nSPS) is 24.6. The van der Waals surface area contributed by atoms with E-state index >= 15 is 0 Å². The van der Waals surface area contributed by atoms with Crippen LogP contribution in [0.5, 0.6) is 17.2 Å². The van der Waals surface area contributed by atoms with Crippen LogP contribution in [0.25, 0.3) is 0 Å². The number of hydrogen-bond donors (Lipinski definition) is 3. The molecule has 0 saturated carbocycles. The van der Waals surface area contributed by atoms with Crippen LogP contribution in [-0.2, 0) is 15.0 Å². The highest BCUT2D eigenvalue weighted by Crippen LogP contribution is 2.58. The number of ether oxygens (including phenoxy) is 2. The van der Waals surface area contributed by atoms with E-state index in [0.717, 1.165) is 0 Å². The Bertz CT molecular complexity index is 1610. The first kappa shape index (κ1) is 27.9. The Labute approximate surface area is 245 Å². The van der Waals surface area contributed by atoms with E-state index in [1.807, 2.05) is 12.2 Å². The average Bonchev–Trinajstić information content (AvgIpc) is 3.25. The van der Waals surface area contributed by atoms with Crippen LogP contribution in [0.3, 0.4) is 0 Å². The van der Waals surface area contributed by atoms with Crippen molar-refractivity contribution in [3.63, 3.8) is 0 Å². The average molecular weight is 593 g/mol. The summed E-state index contributed by atoms with van der Waals surface area (Å²) in [6, 6.07) is 13.6. The van der Waals surface area contributed by atoms with E-state index < -0.39 is 34.9 Å². The number of benzene rings is 3. The summed E-state index contributed by atoms with van der Waals surface area (Å²) in [6.07, 6.45) is 6.03. The molecule has 2 heterocycles. The minimum absolute atomic E-state index is 0.000715. The predicted octanol–water partition coefficient (Wildman–Crippen LogP) is 5.89. The van der Waals surface area contributed by atoms with Crippen molar-refractivity contribution >= 4 is 29.1 Å². The molecule has 1 spiro atoms. The van der Waals surface area contributed by atoms with Crippen LogP contribution < -0.4 is 20.1 Å². The van der Waals surface area contributed by atoms with Gasteiger partial charge in [0, 0.05) is 22.7 Å². The quantitative estimate of drug-likeness (QED) is 0.318. The molecule has 10 heteroatoms. The Morgan fingerprint density at radius 3 is 2.50 bits per heavy atom. The number of carbonyl (C=O) groups is 2. The molecule has 0 aromatic heterocycles. The van der Waals surface area contributed by atoms with Gasteiger partial charge in [-0.1, -0.05) is 29.8 Å². The maximum absolute atomic E-state index is 14.9. The number of nitrogens with one attached hydrogen (secondary N) is 2. The molecule has 7 nitrogen and oxygen atoms in total. The summed E-state index contributed by atoms with van der Waals surface area (Å²) >= 11 is 6.38. The molecule has 3 aromatic carbocycles. The van der Waals surface area contributed by atoms with Crippen LogP contribution in [0.2, 0.25) is 0 Å². The van der Waals surface area contributed by atoms with Gasteiger partial charge in [-0.15, -0.1) is 0 Å². The monoisotopic (exact) mass is 592 g/mol. The summed E-state index contributed by atoms with van der Waals surface area (Å²) in [5.74, 6) is -1.61. The van der Waals surface area contributed by atoms with Gasteiger partial charge in [-0.2, -0.15) is 0 Å². The molecule has 2 aliphatic heterocycles. The number of piperidine rings is 1. The third-order valence-electron chi connectivity index (χ3n) is 8.07. The topological polar surface area (TPSA) is 96.9 Å². The SMILES string of the molecule is O=C1C[C@@H](C2C=C(Cl)C=CC2)[C@]2(C(=O)Nc3cc(F)ccc32)[C@@H](c2cc(F)ccc2Oc2ccc(OCCO)cc2)N1. The zero-order valence-electron chi connectivity index (χ0n) is 22.3. The van der Waals surface area contributed by atoms with Crippen LogP contribution in [0, 0.1) is 23.5 Å². The predicted molar refractivity (Wildman–Crippen MR) is 152 cm³/mol. The Morgan fingerprint density at radius 1 is 1.00 bits per heavy atom. The minimum atomic E-state index is -1.44. The fourth-order valence-electron chi connectivity index (χ4n) is 6.38. The van der Waals surface area contributed by atoms with E-state index in [-0.39, 0.29) is 42.8 Å². The number of rotatable bonds is 7. The Morgan fingerprint density at radius 2 is 1.74 bits per heavy atom. The van der Waals surface area contributed by atoms with Gasteiger partial charge in [0.25, 0.3) is 0 Å². The summed E-state index contributed by atoms with van der Waals surface area (Å²) in [5, 5.41) is 15.3. The van der Waals surface area contributed by atoms with Crippen LogP contribution >= 0.6 is 11.6 Å². The molecule has 0 radical (unpaired) electrons. The number of hydrogen-bond acceptors (Lipinski definition) is 5. The molecule has 4 atom stereocenters. The number of carbonyl (C=O) groups excluding carboxylic acids is 2. The molecule has 0 bridgehead atoms. The van der Waals surface area contributed by atoms with Crippen molar-refractivity contribution in [3.05, 3.63) is 107 Å².